The predicted octanol–water partition coefficient (Wildman–Crippen LogP) is 1.05. The molecule has 0 aliphatic rings. The Kier molecular flexibility index (Phi) is 4.42. The molecule has 1 aromatic rings. The zero-order valence-electron chi connectivity index (χ0n) is 10.2. The van der Waals surface area contributed by atoms with Crippen LogP contribution < -0.4 is 0 Å². The van der Waals surface area contributed by atoms with Gasteiger partial charge < -0.3 is 14.2 Å². The quantitative estimate of drug-likeness (QED) is 0.591. The molecule has 6 nitrogen and oxygen atoms in total. The summed E-state index contributed by atoms with van der Waals surface area (Å²) in [5.74, 6) is -2.04. The van der Waals surface area contributed by atoms with Crippen LogP contribution in [0.15, 0.2) is 18.2 Å². The third-order valence-corrected chi connectivity index (χ3v) is 2.25. The van der Waals surface area contributed by atoms with Crippen molar-refractivity contribution in [2.75, 3.05) is 21.3 Å². The number of benzene rings is 1. The molecule has 0 aliphatic carbocycles. The average Bonchev–Trinajstić information content (AvgIpc) is 2.43. The van der Waals surface area contributed by atoms with Gasteiger partial charge in [-0.15, -0.1) is 0 Å². The van der Waals surface area contributed by atoms with E-state index in [9.17, 15) is 14.4 Å². The van der Waals surface area contributed by atoms with E-state index < -0.39 is 17.9 Å². The van der Waals surface area contributed by atoms with E-state index in [-0.39, 0.29) is 16.7 Å². The van der Waals surface area contributed by atoms with E-state index >= 15 is 0 Å². The SMILES string of the molecule is COC(=O)c1ccc(C(=O)OC)c(C(=O)OC)c1. The van der Waals surface area contributed by atoms with Crippen LogP contribution in [0, 0.1) is 0 Å². The lowest BCUT2D eigenvalue weighted by atomic mass is 10.0. The minimum Gasteiger partial charge on any atom is -0.465 e. The van der Waals surface area contributed by atoms with E-state index in [1.807, 2.05) is 0 Å². The van der Waals surface area contributed by atoms with Crippen molar-refractivity contribution in [3.63, 3.8) is 0 Å². The topological polar surface area (TPSA) is 78.9 Å². The summed E-state index contributed by atoms with van der Waals surface area (Å²) in [6.07, 6.45) is 0. The maximum Gasteiger partial charge on any atom is 0.338 e. The fourth-order valence-corrected chi connectivity index (χ4v) is 1.36. The number of ether oxygens (including phenoxy) is 3. The minimum atomic E-state index is -0.735. The van der Waals surface area contributed by atoms with E-state index in [4.69, 9.17) is 0 Å². The first-order chi connectivity index (χ1) is 8.54. The Labute approximate surface area is 103 Å². The summed E-state index contributed by atoms with van der Waals surface area (Å²) in [5, 5.41) is 0. The molecule has 0 unspecified atom stereocenters. The molecule has 1 aromatic carbocycles. The number of hydrogen-bond acceptors (Lipinski definition) is 6. The normalized spacial score (nSPS) is 9.50. The molecular formula is C12H12O6. The zero-order chi connectivity index (χ0) is 13.7. The molecule has 0 heterocycles. The summed E-state index contributed by atoms with van der Waals surface area (Å²) in [7, 11) is 3.58. The highest BCUT2D eigenvalue weighted by Gasteiger charge is 2.20. The molecule has 18 heavy (non-hydrogen) atoms. The Balaban J connectivity index is 3.33. The van der Waals surface area contributed by atoms with Crippen molar-refractivity contribution in [3.8, 4) is 0 Å². The number of carbonyl (C=O) groups excluding carboxylic acids is 3. The maximum absolute atomic E-state index is 11.5. The lowest BCUT2D eigenvalue weighted by molar-refractivity contribution is 0.0552. The fraction of sp³-hybridized carbons (Fsp3) is 0.250. The molecular weight excluding hydrogens is 240 g/mol. The third kappa shape index (κ3) is 2.65. The number of esters is 3. The third-order valence-electron chi connectivity index (χ3n) is 2.25. The highest BCUT2D eigenvalue weighted by molar-refractivity contribution is 6.05. The van der Waals surface area contributed by atoms with Gasteiger partial charge in [-0.25, -0.2) is 14.4 Å². The van der Waals surface area contributed by atoms with Gasteiger partial charge in [-0.3, -0.25) is 0 Å². The Bertz CT molecular complexity index is 491. The van der Waals surface area contributed by atoms with E-state index in [1.165, 1.54) is 39.5 Å². The molecule has 0 fully saturated rings. The van der Waals surface area contributed by atoms with Gasteiger partial charge in [0.05, 0.1) is 38.0 Å². The average molecular weight is 252 g/mol. The Morgan fingerprint density at radius 1 is 0.778 bits per heavy atom. The summed E-state index contributed by atoms with van der Waals surface area (Å²) in [5.41, 5.74) is 0.120. The van der Waals surface area contributed by atoms with Crippen molar-refractivity contribution in [2.24, 2.45) is 0 Å². The molecule has 0 bridgehead atoms. The van der Waals surface area contributed by atoms with E-state index in [0.717, 1.165) is 0 Å². The van der Waals surface area contributed by atoms with Crippen molar-refractivity contribution in [2.45, 2.75) is 0 Å². The van der Waals surface area contributed by atoms with Gasteiger partial charge in [0.2, 0.25) is 0 Å². The number of carbonyl (C=O) groups is 3. The van der Waals surface area contributed by atoms with Crippen LogP contribution in [0.2, 0.25) is 0 Å². The summed E-state index contributed by atoms with van der Waals surface area (Å²) in [4.78, 5) is 34.3. The summed E-state index contributed by atoms with van der Waals surface area (Å²) in [6, 6.07) is 3.90. The van der Waals surface area contributed by atoms with E-state index in [2.05, 4.69) is 14.2 Å². The zero-order valence-corrected chi connectivity index (χ0v) is 10.2. The second kappa shape index (κ2) is 5.81. The van der Waals surface area contributed by atoms with E-state index in [0.29, 0.717) is 0 Å². The van der Waals surface area contributed by atoms with Crippen molar-refractivity contribution in [3.05, 3.63) is 34.9 Å². The molecule has 0 atom stereocenters. The minimum absolute atomic E-state index is 0.0250. The maximum atomic E-state index is 11.5. The Hall–Kier alpha value is -2.37. The van der Waals surface area contributed by atoms with Crippen molar-refractivity contribution in [1.82, 2.24) is 0 Å². The van der Waals surface area contributed by atoms with Crippen LogP contribution in [-0.2, 0) is 14.2 Å². The van der Waals surface area contributed by atoms with Crippen molar-refractivity contribution in [1.29, 1.82) is 0 Å². The van der Waals surface area contributed by atoms with Gasteiger partial charge in [-0.05, 0) is 18.2 Å². The summed E-state index contributed by atoms with van der Waals surface area (Å²) < 4.78 is 13.6. The van der Waals surface area contributed by atoms with Gasteiger partial charge in [0.25, 0.3) is 0 Å². The number of hydrogen-bond donors (Lipinski definition) is 0. The standard InChI is InChI=1S/C12H12O6/c1-16-10(13)7-4-5-8(11(14)17-2)9(6-7)12(15)18-3/h4-6H,1-3H3. The molecule has 96 valence electrons. The van der Waals surface area contributed by atoms with Gasteiger partial charge in [-0.2, -0.15) is 0 Å². The lowest BCUT2D eigenvalue weighted by Crippen LogP contribution is -2.13. The van der Waals surface area contributed by atoms with E-state index in [1.54, 1.807) is 0 Å². The molecule has 0 radical (unpaired) electrons. The van der Waals surface area contributed by atoms with Crippen LogP contribution in [0.25, 0.3) is 0 Å². The summed E-state index contributed by atoms with van der Waals surface area (Å²) >= 11 is 0. The van der Waals surface area contributed by atoms with Crippen LogP contribution in [0.1, 0.15) is 31.1 Å². The number of methoxy groups -OCH3 is 3. The van der Waals surface area contributed by atoms with Crippen LogP contribution in [-0.4, -0.2) is 39.2 Å². The van der Waals surface area contributed by atoms with Crippen LogP contribution in [0.5, 0.6) is 0 Å². The van der Waals surface area contributed by atoms with Crippen LogP contribution in [0.4, 0.5) is 0 Å². The molecule has 0 saturated carbocycles. The Morgan fingerprint density at radius 2 is 1.28 bits per heavy atom. The number of rotatable bonds is 3. The largest absolute Gasteiger partial charge is 0.465 e. The smallest absolute Gasteiger partial charge is 0.338 e. The van der Waals surface area contributed by atoms with Gasteiger partial charge in [0.1, 0.15) is 0 Å². The van der Waals surface area contributed by atoms with Crippen molar-refractivity contribution >= 4 is 17.9 Å². The first-order valence-corrected chi connectivity index (χ1v) is 4.94. The van der Waals surface area contributed by atoms with Gasteiger partial charge in [0.15, 0.2) is 0 Å². The lowest BCUT2D eigenvalue weighted by Gasteiger charge is -2.07. The van der Waals surface area contributed by atoms with Gasteiger partial charge in [0, 0.05) is 0 Å². The van der Waals surface area contributed by atoms with Crippen LogP contribution >= 0.6 is 0 Å². The monoisotopic (exact) mass is 252 g/mol. The Morgan fingerprint density at radius 3 is 1.78 bits per heavy atom. The summed E-state index contributed by atoms with van der Waals surface area (Å²) in [6.45, 7) is 0. The van der Waals surface area contributed by atoms with Gasteiger partial charge >= 0.3 is 17.9 Å². The molecule has 6 heteroatoms. The molecule has 0 aliphatic heterocycles. The first kappa shape index (κ1) is 13.7. The fourth-order valence-electron chi connectivity index (χ4n) is 1.36. The molecule has 0 amide bonds. The molecule has 0 spiro atoms. The predicted molar refractivity (Wildman–Crippen MR) is 60.5 cm³/mol. The molecule has 0 saturated heterocycles. The highest BCUT2D eigenvalue weighted by Crippen LogP contribution is 2.15. The van der Waals surface area contributed by atoms with Gasteiger partial charge in [-0.1, -0.05) is 0 Å². The second-order valence-corrected chi connectivity index (χ2v) is 3.24. The molecule has 0 aromatic heterocycles. The molecule has 1 rings (SSSR count). The van der Waals surface area contributed by atoms with Crippen LogP contribution in [0.3, 0.4) is 0 Å². The van der Waals surface area contributed by atoms with Crippen molar-refractivity contribution < 1.29 is 28.6 Å². The first-order valence-electron chi connectivity index (χ1n) is 4.94. The molecule has 0 N–H and O–H groups in total. The highest BCUT2D eigenvalue weighted by atomic mass is 16.5. The second-order valence-electron chi connectivity index (χ2n) is 3.24.